The number of halogens is 1. The summed E-state index contributed by atoms with van der Waals surface area (Å²) in [6.45, 7) is 8.50. The van der Waals surface area contributed by atoms with E-state index in [2.05, 4.69) is 5.32 Å². The maximum absolute atomic E-state index is 12.1. The predicted molar refractivity (Wildman–Crippen MR) is 76.5 cm³/mol. The number of nitrogens with one attached hydrogen (secondary N) is 1. The second kappa shape index (κ2) is 6.05. The maximum Gasteiger partial charge on any atom is 0.247 e. The molecule has 1 aromatic rings. The molecule has 0 aliphatic heterocycles. The highest BCUT2D eigenvalue weighted by Crippen LogP contribution is 2.25. The molecule has 1 aromatic carbocycles. The van der Waals surface area contributed by atoms with Gasteiger partial charge in [0.05, 0.1) is 0 Å². The van der Waals surface area contributed by atoms with E-state index in [9.17, 15) is 4.79 Å². The fourth-order valence-electron chi connectivity index (χ4n) is 1.78. The molecule has 0 aliphatic carbocycles. The second-order valence-corrected chi connectivity index (χ2v) is 5.70. The van der Waals surface area contributed by atoms with E-state index in [0.29, 0.717) is 11.6 Å². The lowest BCUT2D eigenvalue weighted by Gasteiger charge is -2.22. The minimum Gasteiger partial charge on any atom is -0.348 e. The van der Waals surface area contributed by atoms with Crippen LogP contribution in [0.25, 0.3) is 0 Å². The van der Waals surface area contributed by atoms with Gasteiger partial charge >= 0.3 is 0 Å². The molecular formula is C15H20ClNO. The molecule has 0 unspecified atom stereocenters. The Morgan fingerprint density at radius 3 is 2.28 bits per heavy atom. The van der Waals surface area contributed by atoms with E-state index < -0.39 is 0 Å². The molecule has 0 saturated heterocycles. The number of carbonyl (C=O) groups is 1. The molecule has 18 heavy (non-hydrogen) atoms. The lowest BCUT2D eigenvalue weighted by Crippen LogP contribution is -2.30. The van der Waals surface area contributed by atoms with Crippen molar-refractivity contribution in [2.24, 2.45) is 5.41 Å². The Balaban J connectivity index is 2.64. The summed E-state index contributed by atoms with van der Waals surface area (Å²) >= 11 is 5.81. The minimum atomic E-state index is -0.140. The molecule has 0 spiro atoms. The number of benzene rings is 1. The number of carbonyl (C=O) groups excluding carboxylic acids is 1. The summed E-state index contributed by atoms with van der Waals surface area (Å²) in [5.41, 5.74) is 1.70. The normalized spacial score (nSPS) is 12.4. The summed E-state index contributed by atoms with van der Waals surface area (Å²) in [5.74, 6) is -0.0139. The van der Waals surface area contributed by atoms with Crippen LogP contribution in [0, 0.1) is 5.41 Å². The van der Waals surface area contributed by atoms with E-state index >= 15 is 0 Å². The number of amides is 1. The van der Waals surface area contributed by atoms with Crippen molar-refractivity contribution < 1.29 is 4.79 Å². The van der Waals surface area contributed by atoms with Crippen molar-refractivity contribution in [2.45, 2.75) is 34.2 Å². The first kappa shape index (κ1) is 14.8. The molecule has 0 aliphatic rings. The lowest BCUT2D eigenvalue weighted by atomic mass is 9.85. The highest BCUT2D eigenvalue weighted by molar-refractivity contribution is 6.30. The highest BCUT2D eigenvalue weighted by atomic mass is 35.5. The molecule has 0 aromatic heterocycles. The zero-order chi connectivity index (χ0) is 13.8. The molecule has 0 heterocycles. The van der Waals surface area contributed by atoms with Gasteiger partial charge in [-0.25, -0.2) is 0 Å². The summed E-state index contributed by atoms with van der Waals surface area (Å²) < 4.78 is 0. The van der Waals surface area contributed by atoms with Crippen molar-refractivity contribution in [1.29, 1.82) is 0 Å². The van der Waals surface area contributed by atoms with Crippen molar-refractivity contribution in [2.75, 3.05) is 0 Å². The Kier molecular flexibility index (Phi) is 4.97. The van der Waals surface area contributed by atoms with Crippen LogP contribution in [0.3, 0.4) is 0 Å². The second-order valence-electron chi connectivity index (χ2n) is 5.26. The molecule has 0 saturated carbocycles. The Morgan fingerprint density at radius 1 is 1.28 bits per heavy atom. The number of hydrogen-bond donors (Lipinski definition) is 1. The number of allylic oxidation sites excluding steroid dienone is 1. The van der Waals surface area contributed by atoms with Gasteiger partial charge in [0.1, 0.15) is 0 Å². The smallest absolute Gasteiger partial charge is 0.247 e. The summed E-state index contributed by atoms with van der Waals surface area (Å²) in [7, 11) is 0. The van der Waals surface area contributed by atoms with Gasteiger partial charge in [-0.15, -0.1) is 0 Å². The molecule has 1 N–H and O–H groups in total. The van der Waals surface area contributed by atoms with E-state index in [4.69, 9.17) is 11.6 Å². The first-order chi connectivity index (χ1) is 8.34. The number of hydrogen-bond acceptors (Lipinski definition) is 1. The standard InChI is InChI=1S/C15H20ClNO/c1-5-13(15(2,3)4)14(18)17-10-11-6-8-12(16)9-7-11/h5-9H,10H2,1-4H3,(H,17,18)/b13-5+. The fourth-order valence-corrected chi connectivity index (χ4v) is 1.91. The Morgan fingerprint density at radius 2 is 1.83 bits per heavy atom. The van der Waals surface area contributed by atoms with Gasteiger partial charge in [-0.1, -0.05) is 50.6 Å². The third-order valence-corrected chi connectivity index (χ3v) is 2.96. The molecule has 1 rings (SSSR count). The van der Waals surface area contributed by atoms with Crippen molar-refractivity contribution in [3.8, 4) is 0 Å². The Bertz CT molecular complexity index is 441. The zero-order valence-corrected chi connectivity index (χ0v) is 12.1. The van der Waals surface area contributed by atoms with Gasteiger partial charge in [0.15, 0.2) is 0 Å². The van der Waals surface area contributed by atoms with E-state index in [0.717, 1.165) is 11.1 Å². The maximum atomic E-state index is 12.1. The topological polar surface area (TPSA) is 29.1 Å². The average Bonchev–Trinajstić information content (AvgIpc) is 2.27. The average molecular weight is 266 g/mol. The van der Waals surface area contributed by atoms with E-state index in [-0.39, 0.29) is 11.3 Å². The van der Waals surface area contributed by atoms with Gasteiger partial charge < -0.3 is 5.32 Å². The lowest BCUT2D eigenvalue weighted by molar-refractivity contribution is -0.118. The van der Waals surface area contributed by atoms with Crippen molar-refractivity contribution in [3.05, 3.63) is 46.5 Å². The van der Waals surface area contributed by atoms with Crippen LogP contribution < -0.4 is 5.32 Å². The predicted octanol–water partition coefficient (Wildman–Crippen LogP) is 3.95. The molecule has 0 bridgehead atoms. The molecule has 0 radical (unpaired) electrons. The molecule has 3 heteroatoms. The summed E-state index contributed by atoms with van der Waals surface area (Å²) in [6, 6.07) is 7.47. The third-order valence-electron chi connectivity index (χ3n) is 2.71. The Hall–Kier alpha value is -1.28. The van der Waals surface area contributed by atoms with E-state index in [1.165, 1.54) is 0 Å². The van der Waals surface area contributed by atoms with Crippen molar-refractivity contribution in [3.63, 3.8) is 0 Å². The molecule has 1 amide bonds. The molecular weight excluding hydrogens is 246 g/mol. The van der Waals surface area contributed by atoms with Gasteiger partial charge in [0.25, 0.3) is 0 Å². The van der Waals surface area contributed by atoms with Crippen LogP contribution in [0.5, 0.6) is 0 Å². The van der Waals surface area contributed by atoms with Crippen LogP contribution >= 0.6 is 11.6 Å². The third kappa shape index (κ3) is 4.19. The number of rotatable bonds is 3. The quantitative estimate of drug-likeness (QED) is 0.824. The van der Waals surface area contributed by atoms with Gasteiger partial charge in [0, 0.05) is 17.1 Å². The van der Waals surface area contributed by atoms with E-state index in [1.807, 2.05) is 58.0 Å². The van der Waals surface area contributed by atoms with Crippen LogP contribution in [0.2, 0.25) is 5.02 Å². The SMILES string of the molecule is C/C=C(\C(=O)NCc1ccc(Cl)cc1)C(C)(C)C. The minimum absolute atomic E-state index is 0.0139. The van der Waals surface area contributed by atoms with Crippen LogP contribution in [-0.2, 0) is 11.3 Å². The highest BCUT2D eigenvalue weighted by Gasteiger charge is 2.22. The summed E-state index contributed by atoms with van der Waals surface area (Å²) in [5, 5.41) is 3.63. The first-order valence-electron chi connectivity index (χ1n) is 6.04. The van der Waals surface area contributed by atoms with Gasteiger partial charge in [0.2, 0.25) is 5.91 Å². The van der Waals surface area contributed by atoms with Crippen LogP contribution in [0.1, 0.15) is 33.3 Å². The monoisotopic (exact) mass is 265 g/mol. The van der Waals surface area contributed by atoms with Crippen molar-refractivity contribution >= 4 is 17.5 Å². The molecule has 2 nitrogen and oxygen atoms in total. The van der Waals surface area contributed by atoms with Crippen LogP contribution in [0.15, 0.2) is 35.9 Å². The summed E-state index contributed by atoms with van der Waals surface area (Å²) in [4.78, 5) is 12.1. The van der Waals surface area contributed by atoms with Gasteiger partial charge in [-0.3, -0.25) is 4.79 Å². The van der Waals surface area contributed by atoms with Crippen LogP contribution in [-0.4, -0.2) is 5.91 Å². The Labute approximate surface area is 114 Å². The van der Waals surface area contributed by atoms with Gasteiger partial charge in [-0.05, 0) is 30.0 Å². The van der Waals surface area contributed by atoms with Gasteiger partial charge in [-0.2, -0.15) is 0 Å². The fraction of sp³-hybridized carbons (Fsp3) is 0.400. The zero-order valence-electron chi connectivity index (χ0n) is 11.4. The largest absolute Gasteiger partial charge is 0.348 e. The van der Waals surface area contributed by atoms with Crippen molar-refractivity contribution in [1.82, 2.24) is 5.32 Å². The molecule has 98 valence electrons. The molecule has 0 atom stereocenters. The first-order valence-corrected chi connectivity index (χ1v) is 6.42. The summed E-state index contributed by atoms with van der Waals surface area (Å²) in [6.07, 6.45) is 1.87. The van der Waals surface area contributed by atoms with Crippen LogP contribution in [0.4, 0.5) is 0 Å². The van der Waals surface area contributed by atoms with E-state index in [1.54, 1.807) is 0 Å². The molecule has 0 fully saturated rings.